The zero-order valence-corrected chi connectivity index (χ0v) is 18.8. The molecule has 2 heterocycles. The fraction of sp³-hybridized carbons (Fsp3) is 0.111. The lowest BCUT2D eigenvalue weighted by atomic mass is 10.1. The van der Waals surface area contributed by atoms with E-state index in [0.29, 0.717) is 22.6 Å². The fourth-order valence-electron chi connectivity index (χ4n) is 3.99. The number of hydrogen-bond acceptors (Lipinski definition) is 6. The maximum atomic E-state index is 13.0. The second kappa shape index (κ2) is 8.44. The second-order valence-electron chi connectivity index (χ2n) is 7.77. The van der Waals surface area contributed by atoms with Gasteiger partial charge in [0.15, 0.2) is 5.76 Å². The van der Waals surface area contributed by atoms with E-state index in [0.717, 1.165) is 22.2 Å². The van der Waals surface area contributed by atoms with Gasteiger partial charge in [-0.2, -0.15) is 0 Å². The summed E-state index contributed by atoms with van der Waals surface area (Å²) in [5.41, 5.74) is 2.53. The lowest BCUT2D eigenvalue weighted by Gasteiger charge is -2.08. The molecule has 7 heteroatoms. The van der Waals surface area contributed by atoms with Gasteiger partial charge in [-0.3, -0.25) is 4.79 Å². The number of rotatable bonds is 5. The number of Topliss-reactive ketones (excluding diaryl/α,β-unsaturated/α-hetero) is 1. The molecule has 1 aromatic heterocycles. The van der Waals surface area contributed by atoms with Gasteiger partial charge in [-0.25, -0.2) is 4.79 Å². The van der Waals surface area contributed by atoms with Gasteiger partial charge in [-0.05, 0) is 48.5 Å². The summed E-state index contributed by atoms with van der Waals surface area (Å²) < 4.78 is 23.9. The van der Waals surface area contributed by atoms with Crippen LogP contribution in [0.1, 0.15) is 26.3 Å². The zero-order chi connectivity index (χ0) is 23.8. The van der Waals surface area contributed by atoms with E-state index in [1.165, 1.54) is 13.2 Å². The van der Waals surface area contributed by atoms with E-state index in [-0.39, 0.29) is 17.3 Å². The number of hydrogen-bond donors (Lipinski definition) is 0. The van der Waals surface area contributed by atoms with E-state index in [2.05, 4.69) is 0 Å². The molecule has 0 saturated carbocycles. The van der Waals surface area contributed by atoms with Crippen LogP contribution >= 0.6 is 0 Å². The summed E-state index contributed by atoms with van der Waals surface area (Å²) in [7, 11) is 5.03. The van der Waals surface area contributed by atoms with Gasteiger partial charge in [0.1, 0.15) is 28.6 Å². The van der Waals surface area contributed by atoms with Crippen molar-refractivity contribution in [3.8, 4) is 23.0 Å². The summed E-state index contributed by atoms with van der Waals surface area (Å²) in [6.45, 7) is 0. The number of aryl methyl sites for hydroxylation is 1. The van der Waals surface area contributed by atoms with Crippen LogP contribution in [0.2, 0.25) is 0 Å². The average Bonchev–Trinajstić information content (AvgIpc) is 3.34. The Hall–Kier alpha value is -4.52. The Morgan fingerprint density at radius 2 is 1.76 bits per heavy atom. The monoisotopic (exact) mass is 455 g/mol. The zero-order valence-electron chi connectivity index (χ0n) is 18.8. The van der Waals surface area contributed by atoms with Crippen molar-refractivity contribution in [3.05, 3.63) is 89.3 Å². The first-order valence-corrected chi connectivity index (χ1v) is 10.5. The first kappa shape index (κ1) is 21.3. The highest BCUT2D eigenvalue weighted by Crippen LogP contribution is 2.36. The van der Waals surface area contributed by atoms with Gasteiger partial charge in [0.05, 0.1) is 19.8 Å². The highest BCUT2D eigenvalue weighted by Gasteiger charge is 2.28. The van der Waals surface area contributed by atoms with Crippen LogP contribution in [-0.4, -0.2) is 30.5 Å². The van der Waals surface area contributed by atoms with Crippen LogP contribution < -0.4 is 18.9 Å². The molecule has 0 fully saturated rings. The SMILES string of the molecule is COc1ccc2c(c1)c(/C=C1/Oc3cc(OC(=O)c4ccccc4OC)ccc3C1=O)cn2C. The number of allylic oxidation sites excluding steroid dienone is 1. The number of carbonyl (C=O) groups excluding carboxylic acids is 2. The van der Waals surface area contributed by atoms with Crippen molar-refractivity contribution < 1.29 is 28.5 Å². The number of ketones is 1. The number of nitrogens with zero attached hydrogens (tertiary/aromatic N) is 1. The van der Waals surface area contributed by atoms with Crippen molar-refractivity contribution in [2.75, 3.05) is 14.2 Å². The molecule has 0 unspecified atom stereocenters. The van der Waals surface area contributed by atoms with Gasteiger partial charge < -0.3 is 23.5 Å². The minimum absolute atomic E-state index is 0.193. The maximum absolute atomic E-state index is 13.0. The van der Waals surface area contributed by atoms with E-state index < -0.39 is 5.97 Å². The Morgan fingerprint density at radius 3 is 2.56 bits per heavy atom. The Labute approximate surface area is 195 Å². The average molecular weight is 455 g/mol. The van der Waals surface area contributed by atoms with Gasteiger partial charge in [0.2, 0.25) is 5.78 Å². The number of esters is 1. The first-order chi connectivity index (χ1) is 16.5. The Morgan fingerprint density at radius 1 is 0.971 bits per heavy atom. The first-order valence-electron chi connectivity index (χ1n) is 10.5. The number of ether oxygens (including phenoxy) is 4. The number of fused-ring (bicyclic) bond motifs is 2. The summed E-state index contributed by atoms with van der Waals surface area (Å²) in [6.07, 6.45) is 3.64. The van der Waals surface area contributed by atoms with Crippen molar-refractivity contribution in [1.82, 2.24) is 4.57 Å². The molecule has 4 aromatic rings. The number of para-hydroxylation sites is 1. The largest absolute Gasteiger partial charge is 0.497 e. The molecule has 0 radical (unpaired) electrons. The van der Waals surface area contributed by atoms with Crippen LogP contribution in [0.25, 0.3) is 17.0 Å². The molecular weight excluding hydrogens is 434 g/mol. The van der Waals surface area contributed by atoms with Gasteiger partial charge >= 0.3 is 5.97 Å². The quantitative estimate of drug-likeness (QED) is 0.239. The lowest BCUT2D eigenvalue weighted by Crippen LogP contribution is -2.10. The van der Waals surface area contributed by atoms with E-state index in [1.807, 2.05) is 36.0 Å². The maximum Gasteiger partial charge on any atom is 0.347 e. The van der Waals surface area contributed by atoms with Gasteiger partial charge in [-0.1, -0.05) is 12.1 Å². The van der Waals surface area contributed by atoms with E-state index in [4.69, 9.17) is 18.9 Å². The third-order valence-corrected chi connectivity index (χ3v) is 5.69. The normalized spacial score (nSPS) is 13.6. The van der Waals surface area contributed by atoms with Crippen LogP contribution in [0.4, 0.5) is 0 Å². The van der Waals surface area contributed by atoms with E-state index >= 15 is 0 Å². The molecule has 34 heavy (non-hydrogen) atoms. The van der Waals surface area contributed by atoms with Crippen molar-refractivity contribution >= 4 is 28.7 Å². The molecule has 1 aliphatic heterocycles. The van der Waals surface area contributed by atoms with Gasteiger partial charge in [-0.15, -0.1) is 0 Å². The molecule has 170 valence electrons. The van der Waals surface area contributed by atoms with Crippen molar-refractivity contribution in [2.24, 2.45) is 7.05 Å². The minimum Gasteiger partial charge on any atom is -0.497 e. The molecule has 0 spiro atoms. The van der Waals surface area contributed by atoms with Crippen LogP contribution in [0.3, 0.4) is 0 Å². The summed E-state index contributed by atoms with van der Waals surface area (Å²) in [5.74, 6) is 1.12. The molecule has 0 atom stereocenters. The lowest BCUT2D eigenvalue weighted by molar-refractivity contribution is 0.0731. The standard InChI is InChI=1S/C27H21NO6/c1-28-15-16(21-13-17(31-2)9-11-22(21)28)12-25-26(29)19-10-8-18(14-24(19)34-25)33-27(30)20-6-4-5-7-23(20)32-3/h4-15H,1-3H3/b25-12+. The Bertz CT molecular complexity index is 1480. The molecule has 0 saturated heterocycles. The number of carbonyl (C=O) groups is 2. The molecule has 0 N–H and O–H groups in total. The van der Waals surface area contributed by atoms with Crippen molar-refractivity contribution in [2.45, 2.75) is 0 Å². The topological polar surface area (TPSA) is 76.0 Å². The predicted molar refractivity (Wildman–Crippen MR) is 127 cm³/mol. The molecular formula is C27H21NO6. The summed E-state index contributed by atoms with van der Waals surface area (Å²) in [4.78, 5) is 25.6. The van der Waals surface area contributed by atoms with Crippen molar-refractivity contribution in [1.29, 1.82) is 0 Å². The molecule has 0 amide bonds. The number of methoxy groups -OCH3 is 2. The van der Waals surface area contributed by atoms with Gasteiger partial charge in [0.25, 0.3) is 0 Å². The predicted octanol–water partition coefficient (Wildman–Crippen LogP) is 5.03. The van der Waals surface area contributed by atoms with Crippen LogP contribution in [0.5, 0.6) is 23.0 Å². The molecule has 5 rings (SSSR count). The van der Waals surface area contributed by atoms with Crippen molar-refractivity contribution in [3.63, 3.8) is 0 Å². The number of aromatic nitrogens is 1. The minimum atomic E-state index is -0.567. The highest BCUT2D eigenvalue weighted by molar-refractivity contribution is 6.15. The van der Waals surface area contributed by atoms with E-state index in [9.17, 15) is 9.59 Å². The molecule has 7 nitrogen and oxygen atoms in total. The van der Waals surface area contributed by atoms with Gasteiger partial charge in [0, 0.05) is 35.8 Å². The van der Waals surface area contributed by atoms with Crippen LogP contribution in [0, 0.1) is 0 Å². The Kier molecular flexibility index (Phi) is 5.30. The summed E-state index contributed by atoms with van der Waals surface area (Å²) >= 11 is 0. The Balaban J connectivity index is 1.43. The van der Waals surface area contributed by atoms with Crippen LogP contribution in [-0.2, 0) is 7.05 Å². The molecule has 1 aliphatic rings. The van der Waals surface area contributed by atoms with Crippen LogP contribution in [0.15, 0.2) is 72.6 Å². The summed E-state index contributed by atoms with van der Waals surface area (Å²) in [5, 5.41) is 0.938. The summed E-state index contributed by atoms with van der Waals surface area (Å²) in [6, 6.07) is 17.3. The fourth-order valence-corrected chi connectivity index (χ4v) is 3.99. The molecule has 0 bridgehead atoms. The van der Waals surface area contributed by atoms with E-state index in [1.54, 1.807) is 49.6 Å². The number of benzene rings is 3. The second-order valence-corrected chi connectivity index (χ2v) is 7.77. The highest BCUT2D eigenvalue weighted by atomic mass is 16.5. The third-order valence-electron chi connectivity index (χ3n) is 5.69. The third kappa shape index (κ3) is 3.67. The smallest absolute Gasteiger partial charge is 0.347 e. The molecule has 3 aromatic carbocycles. The molecule has 0 aliphatic carbocycles.